The molecular weight excluding hydrogens is 276 g/mol. The summed E-state index contributed by atoms with van der Waals surface area (Å²) in [5.74, 6) is -0.181. The van der Waals surface area contributed by atoms with Crippen LogP contribution in [-0.4, -0.2) is 34.4 Å². The molecule has 2 rings (SSSR count). The summed E-state index contributed by atoms with van der Waals surface area (Å²) in [5, 5.41) is 12.6. The number of hydrogen-bond donors (Lipinski definition) is 1. The standard InChI is InChI=1S/C14H22N2O5/c1-2-20-14(7-5-3-4-6-8-14)13-15-11(21-16-13)9-19-10-12(17)18/h2-10H2,1H3,(H,17,18). The topological polar surface area (TPSA) is 94.7 Å². The van der Waals surface area contributed by atoms with Crippen LogP contribution in [0.5, 0.6) is 0 Å². The van der Waals surface area contributed by atoms with Gasteiger partial charge < -0.3 is 19.1 Å². The van der Waals surface area contributed by atoms with Gasteiger partial charge in [-0.25, -0.2) is 4.79 Å². The lowest BCUT2D eigenvalue weighted by atomic mass is 9.93. The maximum Gasteiger partial charge on any atom is 0.329 e. The third-order valence-corrected chi connectivity index (χ3v) is 3.66. The van der Waals surface area contributed by atoms with Crippen molar-refractivity contribution in [3.8, 4) is 0 Å². The van der Waals surface area contributed by atoms with Crippen LogP contribution in [0.15, 0.2) is 4.52 Å². The minimum absolute atomic E-state index is 0.00149. The van der Waals surface area contributed by atoms with Crippen LogP contribution in [0.4, 0.5) is 0 Å². The fourth-order valence-electron chi connectivity index (χ4n) is 2.73. The Hall–Kier alpha value is -1.47. The Morgan fingerprint density at radius 1 is 1.33 bits per heavy atom. The molecule has 0 radical (unpaired) electrons. The van der Waals surface area contributed by atoms with Gasteiger partial charge in [-0.3, -0.25) is 0 Å². The Morgan fingerprint density at radius 3 is 2.67 bits per heavy atom. The van der Waals surface area contributed by atoms with Crippen LogP contribution in [0.3, 0.4) is 0 Å². The molecule has 0 saturated heterocycles. The van der Waals surface area contributed by atoms with E-state index in [1.807, 2.05) is 6.92 Å². The Bertz CT molecular complexity index is 452. The second kappa shape index (κ2) is 7.51. The molecule has 0 aromatic carbocycles. The number of nitrogens with zero attached hydrogens (tertiary/aromatic N) is 2. The summed E-state index contributed by atoms with van der Waals surface area (Å²) >= 11 is 0. The van der Waals surface area contributed by atoms with Crippen LogP contribution in [0.2, 0.25) is 0 Å². The summed E-state index contributed by atoms with van der Waals surface area (Å²) in [4.78, 5) is 14.7. The van der Waals surface area contributed by atoms with Gasteiger partial charge in [-0.2, -0.15) is 4.98 Å². The minimum Gasteiger partial charge on any atom is -0.480 e. The van der Waals surface area contributed by atoms with E-state index in [-0.39, 0.29) is 19.1 Å². The number of carboxylic acids is 1. The molecule has 7 heteroatoms. The zero-order valence-corrected chi connectivity index (χ0v) is 12.3. The number of rotatable bonds is 7. The molecule has 118 valence electrons. The number of carboxylic acid groups (broad SMARTS) is 1. The highest BCUT2D eigenvalue weighted by molar-refractivity contribution is 5.67. The van der Waals surface area contributed by atoms with Gasteiger partial charge in [0.15, 0.2) is 0 Å². The lowest BCUT2D eigenvalue weighted by molar-refractivity contribution is -0.142. The average Bonchev–Trinajstić information content (AvgIpc) is 2.79. The smallest absolute Gasteiger partial charge is 0.329 e. The van der Waals surface area contributed by atoms with Gasteiger partial charge in [0.25, 0.3) is 5.89 Å². The Morgan fingerprint density at radius 2 is 2.05 bits per heavy atom. The third-order valence-electron chi connectivity index (χ3n) is 3.66. The van der Waals surface area contributed by atoms with Crippen molar-refractivity contribution in [2.24, 2.45) is 0 Å². The molecule has 1 aliphatic carbocycles. The molecule has 1 saturated carbocycles. The van der Waals surface area contributed by atoms with Crippen LogP contribution in [-0.2, 0) is 26.5 Å². The molecular formula is C14H22N2O5. The van der Waals surface area contributed by atoms with E-state index in [9.17, 15) is 4.79 Å². The van der Waals surface area contributed by atoms with E-state index in [2.05, 4.69) is 10.1 Å². The van der Waals surface area contributed by atoms with Crippen molar-refractivity contribution in [1.82, 2.24) is 10.1 Å². The monoisotopic (exact) mass is 298 g/mol. The van der Waals surface area contributed by atoms with Gasteiger partial charge in [0.05, 0.1) is 0 Å². The van der Waals surface area contributed by atoms with Gasteiger partial charge in [0.2, 0.25) is 5.82 Å². The van der Waals surface area contributed by atoms with Crippen LogP contribution in [0.25, 0.3) is 0 Å². The van der Waals surface area contributed by atoms with Gasteiger partial charge in [0.1, 0.15) is 18.8 Å². The van der Waals surface area contributed by atoms with Crippen molar-refractivity contribution in [1.29, 1.82) is 0 Å². The van der Waals surface area contributed by atoms with Crippen LogP contribution in [0.1, 0.15) is 57.2 Å². The second-order valence-corrected chi connectivity index (χ2v) is 5.24. The van der Waals surface area contributed by atoms with E-state index < -0.39 is 11.6 Å². The van der Waals surface area contributed by atoms with Crippen LogP contribution < -0.4 is 0 Å². The van der Waals surface area contributed by atoms with Crippen molar-refractivity contribution >= 4 is 5.97 Å². The molecule has 1 heterocycles. The fraction of sp³-hybridized carbons (Fsp3) is 0.786. The van der Waals surface area contributed by atoms with Gasteiger partial charge in [-0.15, -0.1) is 0 Å². The first-order valence-electron chi connectivity index (χ1n) is 7.43. The molecule has 0 bridgehead atoms. The number of carbonyl (C=O) groups is 1. The van der Waals surface area contributed by atoms with Crippen molar-refractivity contribution in [3.63, 3.8) is 0 Å². The number of aliphatic carboxylic acids is 1. The molecule has 1 N–H and O–H groups in total. The predicted octanol–water partition coefficient (Wildman–Crippen LogP) is 2.26. The number of aromatic nitrogens is 2. The van der Waals surface area contributed by atoms with Crippen molar-refractivity contribution in [2.45, 2.75) is 57.7 Å². The maximum atomic E-state index is 10.4. The lowest BCUT2D eigenvalue weighted by Gasteiger charge is -2.29. The largest absolute Gasteiger partial charge is 0.480 e. The van der Waals surface area contributed by atoms with Crippen LogP contribution in [0, 0.1) is 0 Å². The van der Waals surface area contributed by atoms with E-state index in [0.717, 1.165) is 25.7 Å². The SMILES string of the molecule is CCOC1(c2noc(COCC(=O)O)n2)CCCCCC1. The normalized spacial score (nSPS) is 18.3. The molecule has 1 fully saturated rings. The van der Waals surface area contributed by atoms with Crippen molar-refractivity contribution in [2.75, 3.05) is 13.2 Å². The molecule has 21 heavy (non-hydrogen) atoms. The van der Waals surface area contributed by atoms with Gasteiger partial charge in [-0.05, 0) is 19.8 Å². The number of hydrogen-bond acceptors (Lipinski definition) is 6. The van der Waals surface area contributed by atoms with E-state index in [1.165, 1.54) is 12.8 Å². The summed E-state index contributed by atoms with van der Waals surface area (Å²) in [7, 11) is 0. The highest BCUT2D eigenvalue weighted by Gasteiger charge is 2.38. The van der Waals surface area contributed by atoms with Gasteiger partial charge >= 0.3 is 5.97 Å². The highest BCUT2D eigenvalue weighted by Crippen LogP contribution is 2.37. The Labute approximate surface area is 123 Å². The van der Waals surface area contributed by atoms with Gasteiger partial charge in [-0.1, -0.05) is 30.8 Å². The molecule has 0 aliphatic heterocycles. The van der Waals surface area contributed by atoms with E-state index >= 15 is 0 Å². The first kappa shape index (κ1) is 15.9. The predicted molar refractivity (Wildman–Crippen MR) is 72.6 cm³/mol. The van der Waals surface area contributed by atoms with Crippen LogP contribution >= 0.6 is 0 Å². The number of ether oxygens (including phenoxy) is 2. The molecule has 0 unspecified atom stereocenters. The lowest BCUT2D eigenvalue weighted by Crippen LogP contribution is -2.30. The highest BCUT2D eigenvalue weighted by atomic mass is 16.5. The zero-order valence-electron chi connectivity index (χ0n) is 12.3. The summed E-state index contributed by atoms with van der Waals surface area (Å²) in [6, 6.07) is 0. The Balaban J connectivity index is 2.06. The van der Waals surface area contributed by atoms with E-state index in [4.69, 9.17) is 19.1 Å². The molecule has 1 aliphatic rings. The Kier molecular flexibility index (Phi) is 5.69. The quantitative estimate of drug-likeness (QED) is 0.771. The minimum atomic E-state index is -1.02. The maximum absolute atomic E-state index is 10.4. The van der Waals surface area contributed by atoms with Gasteiger partial charge in [0, 0.05) is 6.61 Å². The molecule has 1 aromatic heterocycles. The summed E-state index contributed by atoms with van der Waals surface area (Å²) < 4.78 is 16.1. The molecule has 0 spiro atoms. The van der Waals surface area contributed by atoms with Crippen molar-refractivity contribution in [3.05, 3.63) is 11.7 Å². The summed E-state index contributed by atoms with van der Waals surface area (Å²) in [6.45, 7) is 2.18. The fourth-order valence-corrected chi connectivity index (χ4v) is 2.73. The molecule has 0 amide bonds. The zero-order chi connectivity index (χ0) is 15.1. The third kappa shape index (κ3) is 4.25. The first-order chi connectivity index (χ1) is 10.2. The van der Waals surface area contributed by atoms with E-state index in [1.54, 1.807) is 0 Å². The van der Waals surface area contributed by atoms with Crippen molar-refractivity contribution < 1.29 is 23.9 Å². The summed E-state index contributed by atoms with van der Waals surface area (Å²) in [6.07, 6.45) is 6.33. The second-order valence-electron chi connectivity index (χ2n) is 5.24. The average molecular weight is 298 g/mol. The molecule has 1 aromatic rings. The van der Waals surface area contributed by atoms with E-state index in [0.29, 0.717) is 12.4 Å². The molecule has 0 atom stereocenters. The molecule has 7 nitrogen and oxygen atoms in total. The first-order valence-corrected chi connectivity index (χ1v) is 7.43. The summed E-state index contributed by atoms with van der Waals surface area (Å²) in [5.41, 5.74) is -0.472.